The summed E-state index contributed by atoms with van der Waals surface area (Å²) in [6, 6.07) is 8.53. The van der Waals surface area contributed by atoms with Crippen molar-refractivity contribution in [1.82, 2.24) is 4.90 Å². The molecule has 0 spiro atoms. The van der Waals surface area contributed by atoms with Crippen molar-refractivity contribution >= 4 is 0 Å². The van der Waals surface area contributed by atoms with Gasteiger partial charge in [0, 0.05) is 12.6 Å². The molecule has 0 radical (unpaired) electrons. The summed E-state index contributed by atoms with van der Waals surface area (Å²) >= 11 is 0. The second-order valence-corrected chi connectivity index (χ2v) is 6.20. The van der Waals surface area contributed by atoms with Gasteiger partial charge in [-0.15, -0.1) is 0 Å². The first-order chi connectivity index (χ1) is 9.06. The van der Waals surface area contributed by atoms with Gasteiger partial charge in [-0.05, 0) is 47.4 Å². The highest BCUT2D eigenvalue weighted by Gasteiger charge is 2.48. The van der Waals surface area contributed by atoms with Gasteiger partial charge < -0.3 is 5.11 Å². The van der Waals surface area contributed by atoms with E-state index in [9.17, 15) is 5.11 Å². The molecule has 0 saturated carbocycles. The van der Waals surface area contributed by atoms with Crippen LogP contribution in [0.5, 0.6) is 5.75 Å². The molecule has 3 atom stereocenters. The van der Waals surface area contributed by atoms with E-state index >= 15 is 0 Å². The number of aromatic hydroxyl groups is 1. The summed E-state index contributed by atoms with van der Waals surface area (Å²) in [5.74, 6) is 0.883. The highest BCUT2D eigenvalue weighted by Crippen LogP contribution is 2.49. The Balaban J connectivity index is 2.06. The highest BCUT2D eigenvalue weighted by molar-refractivity contribution is 5.44. The van der Waals surface area contributed by atoms with E-state index in [0.29, 0.717) is 24.3 Å². The highest BCUT2D eigenvalue weighted by atomic mass is 16.3. The molecule has 1 aliphatic carbocycles. The van der Waals surface area contributed by atoms with Crippen molar-refractivity contribution < 1.29 is 5.11 Å². The van der Waals surface area contributed by atoms with Crippen LogP contribution in [0.3, 0.4) is 0 Å². The van der Waals surface area contributed by atoms with Gasteiger partial charge in [0.05, 0.1) is 12.6 Å². The minimum Gasteiger partial charge on any atom is -0.508 e. The van der Waals surface area contributed by atoms with E-state index in [0.717, 1.165) is 19.4 Å². The van der Waals surface area contributed by atoms with Crippen molar-refractivity contribution in [3.8, 4) is 11.8 Å². The summed E-state index contributed by atoms with van der Waals surface area (Å²) in [6.45, 7) is 6.11. The summed E-state index contributed by atoms with van der Waals surface area (Å²) < 4.78 is 0. The fourth-order valence-electron chi connectivity index (χ4n) is 3.98. The molecule has 1 saturated heterocycles. The third-order valence-electron chi connectivity index (χ3n) is 5.38. The van der Waals surface area contributed by atoms with E-state index in [-0.39, 0.29) is 5.41 Å². The molecular formula is C16H20N2O. The monoisotopic (exact) mass is 256 g/mol. The minimum absolute atomic E-state index is 0.128. The maximum atomic E-state index is 9.77. The number of hydrogen-bond acceptors (Lipinski definition) is 3. The first-order valence-corrected chi connectivity index (χ1v) is 6.99. The van der Waals surface area contributed by atoms with Crippen LogP contribution in [0.25, 0.3) is 0 Å². The molecule has 3 nitrogen and oxygen atoms in total. The van der Waals surface area contributed by atoms with Gasteiger partial charge in [-0.3, -0.25) is 4.90 Å². The molecule has 1 aromatic rings. The zero-order valence-corrected chi connectivity index (χ0v) is 11.6. The number of phenolic OH excluding ortho intramolecular Hbond substituents is 1. The lowest BCUT2D eigenvalue weighted by molar-refractivity contribution is 0.0409. The van der Waals surface area contributed by atoms with E-state index in [1.165, 1.54) is 11.1 Å². The molecule has 0 amide bonds. The van der Waals surface area contributed by atoms with E-state index in [1.807, 2.05) is 6.07 Å². The molecule has 1 aromatic carbocycles. The maximum Gasteiger partial charge on any atom is 0.115 e. The molecule has 1 N–H and O–H groups in total. The zero-order chi connectivity index (χ0) is 13.6. The Morgan fingerprint density at radius 2 is 2.32 bits per heavy atom. The lowest BCUT2D eigenvalue weighted by Crippen LogP contribution is -2.57. The van der Waals surface area contributed by atoms with E-state index in [4.69, 9.17) is 5.26 Å². The SMILES string of the molecule is C[C@H]1[C@H]2Cc3ccc(O)cc3[C@]1(C)CCN2CC#N. The Kier molecular flexibility index (Phi) is 2.79. The van der Waals surface area contributed by atoms with Crippen LogP contribution in [-0.4, -0.2) is 29.1 Å². The van der Waals surface area contributed by atoms with Gasteiger partial charge in [-0.2, -0.15) is 5.26 Å². The molecule has 19 heavy (non-hydrogen) atoms. The van der Waals surface area contributed by atoms with Crippen molar-refractivity contribution in [2.45, 2.75) is 38.1 Å². The predicted octanol–water partition coefficient (Wildman–Crippen LogP) is 2.44. The summed E-state index contributed by atoms with van der Waals surface area (Å²) in [5, 5.41) is 18.7. The molecule has 1 heterocycles. The van der Waals surface area contributed by atoms with E-state index in [2.05, 4.69) is 30.9 Å². The van der Waals surface area contributed by atoms with Gasteiger partial charge in [-0.1, -0.05) is 19.9 Å². The number of fused-ring (bicyclic) bond motifs is 4. The summed E-state index contributed by atoms with van der Waals surface area (Å²) in [7, 11) is 0. The summed E-state index contributed by atoms with van der Waals surface area (Å²) in [6.07, 6.45) is 2.05. The number of piperidine rings is 1. The van der Waals surface area contributed by atoms with Gasteiger partial charge in [0.15, 0.2) is 0 Å². The number of likely N-dealkylation sites (tertiary alicyclic amines) is 1. The van der Waals surface area contributed by atoms with Crippen LogP contribution in [0.4, 0.5) is 0 Å². The van der Waals surface area contributed by atoms with Gasteiger partial charge in [0.1, 0.15) is 5.75 Å². The Morgan fingerprint density at radius 1 is 1.53 bits per heavy atom. The van der Waals surface area contributed by atoms with Crippen LogP contribution in [0.15, 0.2) is 18.2 Å². The number of rotatable bonds is 1. The quantitative estimate of drug-likeness (QED) is 0.785. The molecule has 1 aliphatic heterocycles. The third-order valence-corrected chi connectivity index (χ3v) is 5.38. The van der Waals surface area contributed by atoms with Crippen molar-refractivity contribution in [3.05, 3.63) is 29.3 Å². The first kappa shape index (κ1) is 12.5. The van der Waals surface area contributed by atoms with Crippen molar-refractivity contribution in [2.75, 3.05) is 13.1 Å². The average Bonchev–Trinajstić information content (AvgIpc) is 2.38. The minimum atomic E-state index is 0.128. The maximum absolute atomic E-state index is 9.77. The van der Waals surface area contributed by atoms with Crippen LogP contribution >= 0.6 is 0 Å². The van der Waals surface area contributed by atoms with Gasteiger partial charge >= 0.3 is 0 Å². The Hall–Kier alpha value is -1.53. The fraction of sp³-hybridized carbons (Fsp3) is 0.562. The van der Waals surface area contributed by atoms with E-state index < -0.39 is 0 Å². The Labute approximate surface area is 114 Å². The van der Waals surface area contributed by atoms with Crippen LogP contribution in [0.2, 0.25) is 0 Å². The van der Waals surface area contributed by atoms with Gasteiger partial charge in [0.2, 0.25) is 0 Å². The van der Waals surface area contributed by atoms with Crippen LogP contribution in [-0.2, 0) is 11.8 Å². The standard InChI is InChI=1S/C16H20N2O/c1-11-15-9-12-3-4-13(19)10-14(12)16(11,2)5-7-18(15)8-6-17/h3-4,10-11,15,19H,5,7-9H2,1-2H3/t11-,15+,16+/m0/s1. The Bertz CT molecular complexity index is 548. The van der Waals surface area contributed by atoms with Crippen LogP contribution in [0.1, 0.15) is 31.4 Å². The molecule has 3 rings (SSSR count). The normalized spacial score (nSPS) is 33.5. The average molecular weight is 256 g/mol. The van der Waals surface area contributed by atoms with Gasteiger partial charge in [-0.25, -0.2) is 0 Å². The topological polar surface area (TPSA) is 47.3 Å². The zero-order valence-electron chi connectivity index (χ0n) is 11.6. The molecule has 100 valence electrons. The van der Waals surface area contributed by atoms with Crippen LogP contribution < -0.4 is 0 Å². The molecule has 2 aliphatic rings. The number of nitriles is 1. The molecule has 0 unspecified atom stereocenters. The molecule has 2 bridgehead atoms. The fourth-order valence-corrected chi connectivity index (χ4v) is 3.98. The summed E-state index contributed by atoms with van der Waals surface area (Å²) in [4.78, 5) is 2.32. The second kappa shape index (κ2) is 4.25. The number of phenols is 1. The van der Waals surface area contributed by atoms with Crippen molar-refractivity contribution in [3.63, 3.8) is 0 Å². The number of hydrogen-bond donors (Lipinski definition) is 1. The smallest absolute Gasteiger partial charge is 0.115 e. The lowest BCUT2D eigenvalue weighted by Gasteiger charge is -2.54. The molecule has 1 fully saturated rings. The first-order valence-electron chi connectivity index (χ1n) is 6.99. The summed E-state index contributed by atoms with van der Waals surface area (Å²) in [5.41, 5.74) is 2.78. The van der Waals surface area contributed by atoms with Crippen LogP contribution in [0, 0.1) is 17.2 Å². The number of nitrogens with zero attached hydrogens (tertiary/aromatic N) is 2. The lowest BCUT2D eigenvalue weighted by atomic mass is 9.59. The van der Waals surface area contributed by atoms with E-state index in [1.54, 1.807) is 6.07 Å². The van der Waals surface area contributed by atoms with Crippen molar-refractivity contribution in [2.24, 2.45) is 5.92 Å². The number of benzene rings is 1. The third kappa shape index (κ3) is 1.74. The molecule has 0 aromatic heterocycles. The Morgan fingerprint density at radius 3 is 3.05 bits per heavy atom. The second-order valence-electron chi connectivity index (χ2n) is 6.20. The molecule has 3 heteroatoms. The molecular weight excluding hydrogens is 236 g/mol. The predicted molar refractivity (Wildman–Crippen MR) is 73.9 cm³/mol. The van der Waals surface area contributed by atoms with Gasteiger partial charge in [0.25, 0.3) is 0 Å². The van der Waals surface area contributed by atoms with Crippen molar-refractivity contribution in [1.29, 1.82) is 5.26 Å². The largest absolute Gasteiger partial charge is 0.508 e.